The fourth-order valence-electron chi connectivity index (χ4n) is 2.75. The monoisotopic (exact) mass is 357 g/mol. The van der Waals surface area contributed by atoms with Gasteiger partial charge in [-0.1, -0.05) is 18.2 Å². The van der Waals surface area contributed by atoms with Gasteiger partial charge in [0, 0.05) is 23.6 Å². The van der Waals surface area contributed by atoms with E-state index in [9.17, 15) is 9.59 Å². The summed E-state index contributed by atoms with van der Waals surface area (Å²) in [6.45, 7) is 0.573. The minimum absolute atomic E-state index is 0.0199. The first-order valence-corrected chi connectivity index (χ1v) is 9.22. The first kappa shape index (κ1) is 17.4. The molecule has 1 heterocycles. The van der Waals surface area contributed by atoms with E-state index in [1.165, 1.54) is 0 Å². The lowest BCUT2D eigenvalue weighted by Crippen LogP contribution is -2.47. The van der Waals surface area contributed by atoms with Crippen LogP contribution in [0.15, 0.2) is 54.6 Å². The summed E-state index contributed by atoms with van der Waals surface area (Å²) in [5, 5.41) is 9.05. The molecule has 5 nitrogen and oxygen atoms in total. The van der Waals surface area contributed by atoms with E-state index < -0.39 is 5.97 Å². The highest BCUT2D eigenvalue weighted by atomic mass is 32.2. The van der Waals surface area contributed by atoms with Gasteiger partial charge in [-0.05, 0) is 36.4 Å². The third-order valence-electron chi connectivity index (χ3n) is 3.98. The Balaban J connectivity index is 1.70. The smallest absolute Gasteiger partial charge is 0.305 e. The van der Waals surface area contributed by atoms with Crippen LogP contribution < -0.4 is 4.74 Å². The normalized spacial score (nSPS) is 17.1. The molecule has 1 saturated heterocycles. The van der Waals surface area contributed by atoms with E-state index in [2.05, 4.69) is 0 Å². The Bertz CT molecular complexity index is 733. The zero-order valence-electron chi connectivity index (χ0n) is 13.6. The van der Waals surface area contributed by atoms with Gasteiger partial charge < -0.3 is 14.7 Å². The van der Waals surface area contributed by atoms with Gasteiger partial charge >= 0.3 is 5.97 Å². The molecule has 0 bridgehead atoms. The van der Waals surface area contributed by atoms with Crippen molar-refractivity contribution >= 4 is 23.6 Å². The summed E-state index contributed by atoms with van der Waals surface area (Å²) >= 11 is 1.69. The molecule has 25 heavy (non-hydrogen) atoms. The van der Waals surface area contributed by atoms with Crippen molar-refractivity contribution in [1.82, 2.24) is 4.90 Å². The number of rotatable bonds is 5. The average molecular weight is 357 g/mol. The first-order valence-electron chi connectivity index (χ1n) is 8.07. The maximum absolute atomic E-state index is 12.7. The SMILES string of the molecule is O=C(O)CC1CSCCN1C(=O)c1ccc(Oc2ccccc2)cc1. The van der Waals surface area contributed by atoms with Crippen molar-refractivity contribution < 1.29 is 19.4 Å². The number of hydrogen-bond acceptors (Lipinski definition) is 4. The van der Waals surface area contributed by atoms with Crippen molar-refractivity contribution in [3.8, 4) is 11.5 Å². The fraction of sp³-hybridized carbons (Fsp3) is 0.263. The minimum Gasteiger partial charge on any atom is -0.481 e. The third kappa shape index (κ3) is 4.54. The largest absolute Gasteiger partial charge is 0.481 e. The van der Waals surface area contributed by atoms with Gasteiger partial charge in [-0.25, -0.2) is 0 Å². The number of nitrogens with zero attached hydrogens (tertiary/aromatic N) is 1. The Morgan fingerprint density at radius 1 is 1.08 bits per heavy atom. The van der Waals surface area contributed by atoms with Gasteiger partial charge in [-0.15, -0.1) is 0 Å². The van der Waals surface area contributed by atoms with E-state index in [4.69, 9.17) is 9.84 Å². The summed E-state index contributed by atoms with van der Waals surface area (Å²) in [7, 11) is 0. The van der Waals surface area contributed by atoms with Crippen LogP contribution in [0.4, 0.5) is 0 Å². The lowest BCUT2D eigenvalue weighted by atomic mass is 10.1. The number of carbonyl (C=O) groups excluding carboxylic acids is 1. The Kier molecular flexibility index (Phi) is 5.60. The number of carboxylic acid groups (broad SMARTS) is 1. The minimum atomic E-state index is -0.878. The second-order valence-corrected chi connectivity index (χ2v) is 6.91. The van der Waals surface area contributed by atoms with Gasteiger partial charge in [0.25, 0.3) is 5.91 Å². The lowest BCUT2D eigenvalue weighted by molar-refractivity contribution is -0.138. The fourth-order valence-corrected chi connectivity index (χ4v) is 3.81. The van der Waals surface area contributed by atoms with Crippen molar-refractivity contribution in [3.63, 3.8) is 0 Å². The Hall–Kier alpha value is -2.47. The maximum atomic E-state index is 12.7. The molecule has 1 atom stereocenters. The quantitative estimate of drug-likeness (QED) is 0.887. The Morgan fingerprint density at radius 3 is 2.44 bits per heavy atom. The zero-order valence-corrected chi connectivity index (χ0v) is 14.4. The molecule has 1 fully saturated rings. The van der Waals surface area contributed by atoms with E-state index in [0.29, 0.717) is 23.6 Å². The van der Waals surface area contributed by atoms with Gasteiger partial charge in [0.2, 0.25) is 0 Å². The molecule has 0 aliphatic carbocycles. The highest BCUT2D eigenvalue weighted by Gasteiger charge is 2.29. The van der Waals surface area contributed by atoms with Crippen LogP contribution in [-0.4, -0.2) is 46.0 Å². The van der Waals surface area contributed by atoms with Crippen molar-refractivity contribution in [2.75, 3.05) is 18.1 Å². The number of benzene rings is 2. The number of aliphatic carboxylic acids is 1. The third-order valence-corrected chi connectivity index (χ3v) is 5.07. The molecule has 2 aromatic carbocycles. The highest BCUT2D eigenvalue weighted by molar-refractivity contribution is 7.99. The Morgan fingerprint density at radius 2 is 1.76 bits per heavy atom. The molecule has 130 valence electrons. The lowest BCUT2D eigenvalue weighted by Gasteiger charge is -2.34. The number of carboxylic acids is 1. The second-order valence-electron chi connectivity index (χ2n) is 5.76. The number of hydrogen-bond donors (Lipinski definition) is 1. The van der Waals surface area contributed by atoms with Crippen LogP contribution in [0.1, 0.15) is 16.8 Å². The van der Waals surface area contributed by atoms with Crippen molar-refractivity contribution in [3.05, 3.63) is 60.2 Å². The van der Waals surface area contributed by atoms with Crippen LogP contribution >= 0.6 is 11.8 Å². The molecule has 3 rings (SSSR count). The molecule has 1 unspecified atom stereocenters. The summed E-state index contributed by atoms with van der Waals surface area (Å²) in [5.41, 5.74) is 0.544. The van der Waals surface area contributed by atoms with Gasteiger partial charge in [0.15, 0.2) is 0 Å². The average Bonchev–Trinajstić information content (AvgIpc) is 2.63. The van der Waals surface area contributed by atoms with E-state index in [0.717, 1.165) is 11.5 Å². The molecule has 1 amide bonds. The topological polar surface area (TPSA) is 66.8 Å². The molecule has 1 N–H and O–H groups in total. The Labute approximate surface area is 150 Å². The standard InChI is InChI=1S/C19H19NO4S/c21-18(22)12-15-13-25-11-10-20(15)19(23)14-6-8-17(9-7-14)24-16-4-2-1-3-5-16/h1-9,15H,10-13H2,(H,21,22). The van der Waals surface area contributed by atoms with Gasteiger partial charge in [-0.3, -0.25) is 9.59 Å². The summed E-state index contributed by atoms with van der Waals surface area (Å²) < 4.78 is 5.73. The summed E-state index contributed by atoms with van der Waals surface area (Å²) in [4.78, 5) is 25.4. The van der Waals surface area contributed by atoms with E-state index in [1.54, 1.807) is 40.9 Å². The molecule has 6 heteroatoms. The van der Waals surface area contributed by atoms with Crippen LogP contribution in [0.2, 0.25) is 0 Å². The number of para-hydroxylation sites is 1. The van der Waals surface area contributed by atoms with Gasteiger partial charge in [-0.2, -0.15) is 11.8 Å². The number of carbonyl (C=O) groups is 2. The maximum Gasteiger partial charge on any atom is 0.305 e. The van der Waals surface area contributed by atoms with E-state index in [-0.39, 0.29) is 18.4 Å². The molecule has 0 radical (unpaired) electrons. The number of amides is 1. The first-order chi connectivity index (χ1) is 12.1. The molecular weight excluding hydrogens is 338 g/mol. The predicted octanol–water partition coefficient (Wildman–Crippen LogP) is 3.51. The van der Waals surface area contributed by atoms with Crippen LogP contribution in [-0.2, 0) is 4.79 Å². The predicted molar refractivity (Wildman–Crippen MR) is 97.4 cm³/mol. The van der Waals surface area contributed by atoms with Gasteiger partial charge in [0.05, 0.1) is 12.5 Å². The van der Waals surface area contributed by atoms with Crippen LogP contribution in [0.5, 0.6) is 11.5 Å². The van der Waals surface area contributed by atoms with Crippen molar-refractivity contribution in [1.29, 1.82) is 0 Å². The highest BCUT2D eigenvalue weighted by Crippen LogP contribution is 2.24. The van der Waals surface area contributed by atoms with E-state index >= 15 is 0 Å². The summed E-state index contributed by atoms with van der Waals surface area (Å²) in [5.74, 6) is 1.87. The molecule has 1 aliphatic heterocycles. The summed E-state index contributed by atoms with van der Waals surface area (Å²) in [6.07, 6.45) is -0.0199. The molecule has 1 aliphatic rings. The van der Waals surface area contributed by atoms with Crippen LogP contribution in [0.3, 0.4) is 0 Å². The molecular formula is C19H19NO4S. The molecule has 0 spiro atoms. The number of ether oxygens (including phenoxy) is 1. The summed E-state index contributed by atoms with van der Waals surface area (Å²) in [6, 6.07) is 16.1. The number of thioether (sulfide) groups is 1. The molecule has 2 aromatic rings. The van der Waals surface area contributed by atoms with Crippen molar-refractivity contribution in [2.45, 2.75) is 12.5 Å². The van der Waals surface area contributed by atoms with Gasteiger partial charge in [0.1, 0.15) is 11.5 Å². The van der Waals surface area contributed by atoms with E-state index in [1.807, 2.05) is 30.3 Å². The van der Waals surface area contributed by atoms with Crippen LogP contribution in [0, 0.1) is 0 Å². The molecule has 0 saturated carbocycles. The van der Waals surface area contributed by atoms with Crippen molar-refractivity contribution in [2.24, 2.45) is 0 Å². The molecule has 0 aromatic heterocycles. The van der Waals surface area contributed by atoms with Crippen LogP contribution in [0.25, 0.3) is 0 Å². The second kappa shape index (κ2) is 8.07. The zero-order chi connectivity index (χ0) is 17.6.